The maximum Gasteiger partial charge on any atom is 0.145 e. The number of halogens is 1. The summed E-state index contributed by atoms with van der Waals surface area (Å²) in [5, 5.41) is 1.98. The van der Waals surface area contributed by atoms with Crippen LogP contribution in [0.5, 0.6) is 0 Å². The van der Waals surface area contributed by atoms with Gasteiger partial charge in [-0.25, -0.2) is 4.98 Å². The summed E-state index contributed by atoms with van der Waals surface area (Å²) in [5.74, 6) is 0. The quantitative estimate of drug-likeness (QED) is 0.621. The molecule has 2 aromatic heterocycles. The van der Waals surface area contributed by atoms with Gasteiger partial charge in [-0.2, -0.15) is 0 Å². The summed E-state index contributed by atoms with van der Waals surface area (Å²) >= 11 is 6.13. The van der Waals surface area contributed by atoms with E-state index in [1.54, 1.807) is 0 Å². The van der Waals surface area contributed by atoms with Crippen molar-refractivity contribution in [3.05, 3.63) is 57.9 Å². The van der Waals surface area contributed by atoms with Crippen LogP contribution in [0.3, 0.4) is 0 Å². The third kappa shape index (κ3) is 2.01. The molecule has 3 rings (SSSR count). The average Bonchev–Trinajstić information content (AvgIpc) is 2.65. The molecule has 3 aromatic rings. The molecule has 0 spiro atoms. The largest absolute Gasteiger partial charge is 0.301 e. The van der Waals surface area contributed by atoms with Crippen molar-refractivity contribution < 1.29 is 0 Å². The highest BCUT2D eigenvalue weighted by Gasteiger charge is 2.13. The molecule has 0 bridgehead atoms. The lowest BCUT2D eigenvalue weighted by Crippen LogP contribution is -2.00. The summed E-state index contributed by atoms with van der Waals surface area (Å²) in [4.78, 5) is 4.71. The Morgan fingerprint density at radius 3 is 2.25 bits per heavy atom. The second kappa shape index (κ2) is 4.64. The number of pyridine rings is 1. The zero-order valence-corrected chi connectivity index (χ0v) is 12.9. The molecule has 20 heavy (non-hydrogen) atoms. The van der Waals surface area contributed by atoms with Gasteiger partial charge in [-0.1, -0.05) is 11.6 Å². The van der Waals surface area contributed by atoms with Gasteiger partial charge in [-0.15, -0.1) is 0 Å². The van der Waals surface area contributed by atoms with E-state index in [1.165, 1.54) is 16.6 Å². The van der Waals surface area contributed by atoms with E-state index >= 15 is 0 Å². The van der Waals surface area contributed by atoms with Crippen LogP contribution in [-0.4, -0.2) is 9.55 Å². The highest BCUT2D eigenvalue weighted by atomic mass is 35.5. The predicted octanol–water partition coefficient (Wildman–Crippen LogP) is 4.91. The van der Waals surface area contributed by atoms with Crippen molar-refractivity contribution in [1.82, 2.24) is 9.55 Å². The summed E-state index contributed by atoms with van der Waals surface area (Å²) in [7, 11) is 0. The number of aryl methyl sites for hydroxylation is 4. The van der Waals surface area contributed by atoms with Crippen LogP contribution in [0.2, 0.25) is 5.02 Å². The molecule has 0 N–H and O–H groups in total. The van der Waals surface area contributed by atoms with Crippen LogP contribution in [0, 0.1) is 27.7 Å². The number of aromatic nitrogens is 2. The first kappa shape index (κ1) is 13.2. The van der Waals surface area contributed by atoms with Crippen molar-refractivity contribution in [1.29, 1.82) is 0 Å². The summed E-state index contributed by atoms with van der Waals surface area (Å²) in [6.45, 7) is 8.32. The molecule has 0 aliphatic heterocycles. The third-order valence-corrected chi connectivity index (χ3v) is 3.91. The van der Waals surface area contributed by atoms with Gasteiger partial charge in [0.05, 0.1) is 5.69 Å². The number of fused-ring (bicyclic) bond motifs is 1. The Morgan fingerprint density at radius 1 is 0.950 bits per heavy atom. The molecular weight excluding hydrogens is 268 g/mol. The van der Waals surface area contributed by atoms with Crippen LogP contribution in [0.1, 0.15) is 22.4 Å². The molecule has 102 valence electrons. The molecule has 0 aliphatic rings. The smallest absolute Gasteiger partial charge is 0.145 e. The second-order valence-corrected chi connectivity index (χ2v) is 5.83. The molecule has 2 heterocycles. The molecular formula is C17H17ClN2. The van der Waals surface area contributed by atoms with Gasteiger partial charge in [0.2, 0.25) is 0 Å². The summed E-state index contributed by atoms with van der Waals surface area (Å²) in [6, 6.07) is 8.20. The van der Waals surface area contributed by atoms with E-state index in [2.05, 4.69) is 43.7 Å². The lowest BCUT2D eigenvalue weighted by Gasteiger charge is -2.13. The fraction of sp³-hybridized carbons (Fsp3) is 0.235. The van der Waals surface area contributed by atoms with Crippen molar-refractivity contribution in [2.45, 2.75) is 27.7 Å². The number of benzene rings is 1. The SMILES string of the molecule is Cc1ccc2c(C)cn(-c3c(C)cc(Cl)cc3C)c2n1. The predicted molar refractivity (Wildman–Crippen MR) is 85.0 cm³/mol. The first-order valence-electron chi connectivity index (χ1n) is 6.70. The van der Waals surface area contributed by atoms with Gasteiger partial charge in [0.15, 0.2) is 0 Å². The first-order valence-corrected chi connectivity index (χ1v) is 7.07. The van der Waals surface area contributed by atoms with E-state index in [0.29, 0.717) is 0 Å². The van der Waals surface area contributed by atoms with Gasteiger partial charge in [0.1, 0.15) is 5.65 Å². The minimum atomic E-state index is 0.779. The number of nitrogens with zero attached hydrogens (tertiary/aromatic N) is 2. The number of hydrogen-bond donors (Lipinski definition) is 0. The molecule has 1 aromatic carbocycles. The van der Waals surface area contributed by atoms with E-state index in [9.17, 15) is 0 Å². The van der Waals surface area contributed by atoms with Gasteiger partial charge < -0.3 is 4.57 Å². The number of hydrogen-bond acceptors (Lipinski definition) is 1. The van der Waals surface area contributed by atoms with Crippen LogP contribution >= 0.6 is 11.6 Å². The Morgan fingerprint density at radius 2 is 1.60 bits per heavy atom. The fourth-order valence-electron chi connectivity index (χ4n) is 2.81. The van der Waals surface area contributed by atoms with Crippen LogP contribution < -0.4 is 0 Å². The molecule has 0 saturated heterocycles. The fourth-order valence-corrected chi connectivity index (χ4v) is 3.14. The van der Waals surface area contributed by atoms with Crippen LogP contribution in [-0.2, 0) is 0 Å². The standard InChI is InChI=1S/C17H17ClN2/c1-10-7-14(18)8-11(2)16(10)20-9-12(3)15-6-5-13(4)19-17(15)20/h5-9H,1-4H3. The second-order valence-electron chi connectivity index (χ2n) is 5.39. The van der Waals surface area contributed by atoms with E-state index < -0.39 is 0 Å². The molecule has 3 heteroatoms. The molecule has 0 unspecified atom stereocenters. The van der Waals surface area contributed by atoms with Crippen molar-refractivity contribution in [3.8, 4) is 5.69 Å². The van der Waals surface area contributed by atoms with E-state index in [1.807, 2.05) is 19.1 Å². The summed E-state index contributed by atoms with van der Waals surface area (Å²) in [6.07, 6.45) is 2.15. The molecule has 2 nitrogen and oxygen atoms in total. The lowest BCUT2D eigenvalue weighted by molar-refractivity contribution is 1.04. The van der Waals surface area contributed by atoms with Crippen LogP contribution in [0.25, 0.3) is 16.7 Å². The van der Waals surface area contributed by atoms with Gasteiger partial charge in [-0.05, 0) is 68.7 Å². The Kier molecular flexibility index (Phi) is 3.06. The Hall–Kier alpha value is -1.80. The van der Waals surface area contributed by atoms with Crippen molar-refractivity contribution in [2.75, 3.05) is 0 Å². The molecule has 0 amide bonds. The van der Waals surface area contributed by atoms with Crippen molar-refractivity contribution >= 4 is 22.6 Å². The highest BCUT2D eigenvalue weighted by Crippen LogP contribution is 2.29. The topological polar surface area (TPSA) is 17.8 Å². The minimum Gasteiger partial charge on any atom is -0.301 e. The van der Waals surface area contributed by atoms with Gasteiger partial charge in [-0.3, -0.25) is 0 Å². The molecule has 0 atom stereocenters. The first-order chi connectivity index (χ1) is 9.47. The summed E-state index contributed by atoms with van der Waals surface area (Å²) < 4.78 is 2.18. The van der Waals surface area contributed by atoms with Gasteiger partial charge in [0.25, 0.3) is 0 Å². The van der Waals surface area contributed by atoms with Crippen LogP contribution in [0.4, 0.5) is 0 Å². The van der Waals surface area contributed by atoms with E-state index in [0.717, 1.165) is 27.5 Å². The number of rotatable bonds is 1. The zero-order chi connectivity index (χ0) is 14.4. The minimum absolute atomic E-state index is 0.779. The normalized spacial score (nSPS) is 11.2. The lowest BCUT2D eigenvalue weighted by atomic mass is 10.1. The molecule has 0 saturated carbocycles. The maximum absolute atomic E-state index is 6.13. The van der Waals surface area contributed by atoms with Crippen LogP contribution in [0.15, 0.2) is 30.5 Å². The summed E-state index contributed by atoms with van der Waals surface area (Å²) in [5.41, 5.74) is 6.77. The third-order valence-electron chi connectivity index (χ3n) is 3.69. The van der Waals surface area contributed by atoms with Gasteiger partial charge in [0, 0.05) is 22.3 Å². The van der Waals surface area contributed by atoms with Gasteiger partial charge >= 0.3 is 0 Å². The Balaban J connectivity index is 2.38. The molecule has 0 aliphatic carbocycles. The Labute approximate surface area is 124 Å². The van der Waals surface area contributed by atoms with E-state index in [4.69, 9.17) is 16.6 Å². The average molecular weight is 285 g/mol. The Bertz CT molecular complexity index is 792. The molecule has 0 radical (unpaired) electrons. The maximum atomic E-state index is 6.13. The zero-order valence-electron chi connectivity index (χ0n) is 12.2. The monoisotopic (exact) mass is 284 g/mol. The van der Waals surface area contributed by atoms with Crippen molar-refractivity contribution in [3.63, 3.8) is 0 Å². The van der Waals surface area contributed by atoms with Crippen molar-refractivity contribution in [2.24, 2.45) is 0 Å². The van der Waals surface area contributed by atoms with E-state index in [-0.39, 0.29) is 0 Å². The molecule has 0 fully saturated rings. The highest BCUT2D eigenvalue weighted by molar-refractivity contribution is 6.30.